The number of fused-ring (bicyclic) bond motifs is 1. The molecule has 0 unspecified atom stereocenters. The number of aryl methyl sites for hydroxylation is 1. The van der Waals surface area contributed by atoms with E-state index in [-0.39, 0.29) is 6.10 Å². The van der Waals surface area contributed by atoms with Crippen molar-refractivity contribution in [1.29, 1.82) is 0 Å². The van der Waals surface area contributed by atoms with Crippen LogP contribution in [0, 0.1) is 6.92 Å². The Labute approximate surface area is 155 Å². The molecule has 1 aliphatic heterocycles. The zero-order valence-corrected chi connectivity index (χ0v) is 15.5. The molecule has 1 aromatic heterocycles. The van der Waals surface area contributed by atoms with E-state index >= 15 is 0 Å². The van der Waals surface area contributed by atoms with Crippen LogP contribution in [0.2, 0.25) is 0 Å². The third kappa shape index (κ3) is 3.75. The predicted molar refractivity (Wildman–Crippen MR) is 104 cm³/mol. The molecular weight excluding hydrogens is 380 g/mol. The molecule has 2 N–H and O–H groups in total. The number of anilines is 2. The van der Waals surface area contributed by atoms with Gasteiger partial charge in [0.1, 0.15) is 11.9 Å². The van der Waals surface area contributed by atoms with Gasteiger partial charge in [-0.3, -0.25) is 0 Å². The Morgan fingerprint density at radius 2 is 2.20 bits per heavy atom. The SMILES string of the molecule is Cc1cc(Br)cc2cnc(Nc3cccc(O[C@@H]4CCNC4)c3)nc12. The number of halogens is 1. The maximum absolute atomic E-state index is 6.01. The fraction of sp³-hybridized carbons (Fsp3) is 0.263. The Morgan fingerprint density at radius 3 is 3.04 bits per heavy atom. The average Bonchev–Trinajstić information content (AvgIpc) is 3.09. The van der Waals surface area contributed by atoms with Gasteiger partial charge in [-0.05, 0) is 49.7 Å². The summed E-state index contributed by atoms with van der Waals surface area (Å²) in [5, 5.41) is 7.60. The lowest BCUT2D eigenvalue weighted by Gasteiger charge is -2.14. The highest BCUT2D eigenvalue weighted by Gasteiger charge is 2.16. The minimum Gasteiger partial charge on any atom is -0.489 e. The lowest BCUT2D eigenvalue weighted by atomic mass is 10.1. The van der Waals surface area contributed by atoms with Crippen molar-refractivity contribution >= 4 is 38.5 Å². The average molecular weight is 399 g/mol. The van der Waals surface area contributed by atoms with Gasteiger partial charge in [0, 0.05) is 34.4 Å². The van der Waals surface area contributed by atoms with Crippen LogP contribution in [0.1, 0.15) is 12.0 Å². The van der Waals surface area contributed by atoms with E-state index in [1.165, 1.54) is 0 Å². The van der Waals surface area contributed by atoms with Crippen molar-refractivity contribution in [3.8, 4) is 5.75 Å². The molecule has 2 aromatic carbocycles. The van der Waals surface area contributed by atoms with Crippen molar-refractivity contribution in [1.82, 2.24) is 15.3 Å². The zero-order chi connectivity index (χ0) is 17.2. The third-order valence-electron chi connectivity index (χ3n) is 4.25. The lowest BCUT2D eigenvalue weighted by Crippen LogP contribution is -2.19. The molecule has 0 saturated carbocycles. The summed E-state index contributed by atoms with van der Waals surface area (Å²) in [4.78, 5) is 9.07. The fourth-order valence-corrected chi connectivity index (χ4v) is 3.63. The number of nitrogens with zero attached hydrogens (tertiary/aromatic N) is 2. The van der Waals surface area contributed by atoms with Gasteiger partial charge >= 0.3 is 0 Å². The minimum atomic E-state index is 0.244. The first-order valence-corrected chi connectivity index (χ1v) is 9.14. The van der Waals surface area contributed by atoms with Crippen molar-refractivity contribution in [3.63, 3.8) is 0 Å². The van der Waals surface area contributed by atoms with Crippen LogP contribution in [0.5, 0.6) is 5.75 Å². The summed E-state index contributed by atoms with van der Waals surface area (Å²) in [6.07, 6.45) is 3.13. The number of benzene rings is 2. The first-order valence-electron chi connectivity index (χ1n) is 8.35. The summed E-state index contributed by atoms with van der Waals surface area (Å²) in [6, 6.07) is 12.0. The number of aromatic nitrogens is 2. The van der Waals surface area contributed by atoms with Gasteiger partial charge in [0.2, 0.25) is 5.95 Å². The largest absolute Gasteiger partial charge is 0.489 e. The smallest absolute Gasteiger partial charge is 0.227 e. The molecule has 6 heteroatoms. The van der Waals surface area contributed by atoms with Gasteiger partial charge < -0.3 is 15.4 Å². The van der Waals surface area contributed by atoms with E-state index in [1.807, 2.05) is 43.5 Å². The zero-order valence-electron chi connectivity index (χ0n) is 13.9. The van der Waals surface area contributed by atoms with Crippen LogP contribution < -0.4 is 15.4 Å². The second-order valence-electron chi connectivity index (χ2n) is 6.24. The number of ether oxygens (including phenoxy) is 1. The molecule has 1 atom stereocenters. The maximum Gasteiger partial charge on any atom is 0.227 e. The molecule has 4 rings (SSSR count). The molecule has 5 nitrogen and oxygen atoms in total. The Bertz CT molecular complexity index is 909. The van der Waals surface area contributed by atoms with E-state index in [2.05, 4.69) is 42.6 Å². The highest BCUT2D eigenvalue weighted by Crippen LogP contribution is 2.25. The quantitative estimate of drug-likeness (QED) is 0.689. The van der Waals surface area contributed by atoms with Crippen molar-refractivity contribution in [2.45, 2.75) is 19.4 Å². The summed E-state index contributed by atoms with van der Waals surface area (Å²) >= 11 is 3.51. The van der Waals surface area contributed by atoms with E-state index in [9.17, 15) is 0 Å². The van der Waals surface area contributed by atoms with Crippen molar-refractivity contribution in [2.75, 3.05) is 18.4 Å². The Morgan fingerprint density at radius 1 is 1.28 bits per heavy atom. The number of hydrogen-bond acceptors (Lipinski definition) is 5. The van der Waals surface area contributed by atoms with Gasteiger partial charge in [-0.25, -0.2) is 9.97 Å². The second kappa shape index (κ2) is 6.98. The molecular formula is C19H19BrN4O. The second-order valence-corrected chi connectivity index (χ2v) is 7.16. The van der Waals surface area contributed by atoms with Crippen LogP contribution >= 0.6 is 15.9 Å². The van der Waals surface area contributed by atoms with Crippen LogP contribution in [0.15, 0.2) is 47.1 Å². The fourth-order valence-electron chi connectivity index (χ4n) is 3.04. The van der Waals surface area contributed by atoms with E-state index in [0.717, 1.165) is 51.9 Å². The molecule has 0 radical (unpaired) electrons. The van der Waals surface area contributed by atoms with E-state index < -0.39 is 0 Å². The number of rotatable bonds is 4. The number of hydrogen-bond donors (Lipinski definition) is 2. The van der Waals surface area contributed by atoms with Crippen LogP contribution in [0.25, 0.3) is 10.9 Å². The molecule has 2 heterocycles. The van der Waals surface area contributed by atoms with Crippen molar-refractivity contribution in [3.05, 3.63) is 52.6 Å². The van der Waals surface area contributed by atoms with Crippen molar-refractivity contribution in [2.24, 2.45) is 0 Å². The van der Waals surface area contributed by atoms with Crippen LogP contribution in [-0.4, -0.2) is 29.2 Å². The minimum absolute atomic E-state index is 0.244. The van der Waals surface area contributed by atoms with Crippen LogP contribution in [-0.2, 0) is 0 Å². The van der Waals surface area contributed by atoms with Gasteiger partial charge in [0.15, 0.2) is 0 Å². The highest BCUT2D eigenvalue weighted by molar-refractivity contribution is 9.10. The summed E-state index contributed by atoms with van der Waals surface area (Å²) < 4.78 is 7.04. The maximum atomic E-state index is 6.01. The molecule has 3 aromatic rings. The van der Waals surface area contributed by atoms with Crippen molar-refractivity contribution < 1.29 is 4.74 Å². The molecule has 0 spiro atoms. The van der Waals surface area contributed by atoms with Gasteiger partial charge in [0.25, 0.3) is 0 Å². The molecule has 128 valence electrons. The Kier molecular flexibility index (Phi) is 4.55. The molecule has 0 aliphatic carbocycles. The van der Waals surface area contributed by atoms with Gasteiger partial charge in [-0.15, -0.1) is 0 Å². The van der Waals surface area contributed by atoms with Crippen LogP contribution in [0.3, 0.4) is 0 Å². The lowest BCUT2D eigenvalue weighted by molar-refractivity contribution is 0.223. The first kappa shape index (κ1) is 16.3. The Hall–Kier alpha value is -2.18. The monoisotopic (exact) mass is 398 g/mol. The standard InChI is InChI=1S/C19H19BrN4O/c1-12-7-14(20)8-13-10-22-19(24-18(12)13)23-15-3-2-4-16(9-15)25-17-5-6-21-11-17/h2-4,7-10,17,21H,5-6,11H2,1H3,(H,22,23,24)/t17-/m1/s1. The van der Waals surface area contributed by atoms with E-state index in [1.54, 1.807) is 0 Å². The van der Waals surface area contributed by atoms with Crippen LogP contribution in [0.4, 0.5) is 11.6 Å². The normalized spacial score (nSPS) is 17.0. The van der Waals surface area contributed by atoms with Gasteiger partial charge in [0.05, 0.1) is 5.52 Å². The molecule has 1 fully saturated rings. The summed E-state index contributed by atoms with van der Waals surface area (Å²) in [5.74, 6) is 1.44. The summed E-state index contributed by atoms with van der Waals surface area (Å²) in [6.45, 7) is 3.97. The number of nitrogens with one attached hydrogen (secondary N) is 2. The molecule has 1 aliphatic rings. The molecule has 25 heavy (non-hydrogen) atoms. The van der Waals surface area contributed by atoms with E-state index in [0.29, 0.717) is 5.95 Å². The molecule has 0 amide bonds. The Balaban J connectivity index is 1.56. The third-order valence-corrected chi connectivity index (χ3v) is 4.70. The topological polar surface area (TPSA) is 59.1 Å². The first-order chi connectivity index (χ1) is 12.2. The van der Waals surface area contributed by atoms with Gasteiger partial charge in [-0.2, -0.15) is 0 Å². The molecule has 0 bridgehead atoms. The highest BCUT2D eigenvalue weighted by atomic mass is 79.9. The summed E-state index contributed by atoms with van der Waals surface area (Å²) in [5.41, 5.74) is 2.98. The van der Waals surface area contributed by atoms with E-state index in [4.69, 9.17) is 4.74 Å². The summed E-state index contributed by atoms with van der Waals surface area (Å²) in [7, 11) is 0. The molecule has 1 saturated heterocycles. The van der Waals surface area contributed by atoms with Gasteiger partial charge in [-0.1, -0.05) is 22.0 Å². The predicted octanol–water partition coefficient (Wildman–Crippen LogP) is 4.19.